The van der Waals surface area contributed by atoms with Crippen LogP contribution in [0.1, 0.15) is 12.5 Å². The largest absolute Gasteiger partial charge is 0.492 e. The van der Waals surface area contributed by atoms with Crippen molar-refractivity contribution >= 4 is 28.4 Å². The lowest BCUT2D eigenvalue weighted by atomic mass is 10.2. The van der Waals surface area contributed by atoms with Gasteiger partial charge in [0.15, 0.2) is 0 Å². The minimum Gasteiger partial charge on any atom is -0.492 e. The molecule has 0 fully saturated rings. The van der Waals surface area contributed by atoms with Crippen molar-refractivity contribution in [1.29, 1.82) is 0 Å². The maximum absolute atomic E-state index is 6.08. The molecule has 1 aromatic rings. The summed E-state index contributed by atoms with van der Waals surface area (Å²) in [7, 11) is 1.77. The minimum absolute atomic E-state index is 0.621. The van der Waals surface area contributed by atoms with Crippen LogP contribution in [-0.4, -0.2) is 25.0 Å². The Balaban J connectivity index is 3.00. The fourth-order valence-electron chi connectivity index (χ4n) is 1.24. The average molecular weight is 244 g/mol. The van der Waals surface area contributed by atoms with E-state index in [0.717, 1.165) is 16.4 Å². The number of hydrogen-bond acceptors (Lipinski definition) is 3. The van der Waals surface area contributed by atoms with Gasteiger partial charge in [0.25, 0.3) is 0 Å². The Hall–Kier alpha value is -0.670. The van der Waals surface area contributed by atoms with E-state index in [-0.39, 0.29) is 0 Å². The number of aliphatic imine (C=N–C) groups is 1. The molecule has 1 aromatic carbocycles. The molecule has 0 N–H and O–H groups in total. The van der Waals surface area contributed by atoms with Gasteiger partial charge in [-0.2, -0.15) is 0 Å². The summed E-state index contributed by atoms with van der Waals surface area (Å²) in [5, 5.41) is 1.60. The summed E-state index contributed by atoms with van der Waals surface area (Å²) in [6.07, 6.45) is 1.99. The summed E-state index contributed by atoms with van der Waals surface area (Å²) in [6, 6.07) is 5.73. The maximum atomic E-state index is 6.08. The normalized spacial score (nSPS) is 11.6. The van der Waals surface area contributed by atoms with Crippen molar-refractivity contribution < 1.29 is 4.74 Å². The SMILES string of the molecule is CCOc1ccc(C(=NC)SC)cc1Cl. The lowest BCUT2D eigenvalue weighted by Crippen LogP contribution is -1.97. The Morgan fingerprint density at radius 1 is 1.53 bits per heavy atom. The Morgan fingerprint density at radius 3 is 2.73 bits per heavy atom. The first-order valence-electron chi connectivity index (χ1n) is 4.66. The van der Waals surface area contributed by atoms with E-state index in [9.17, 15) is 0 Å². The maximum Gasteiger partial charge on any atom is 0.137 e. The van der Waals surface area contributed by atoms with Crippen LogP contribution in [0.4, 0.5) is 0 Å². The van der Waals surface area contributed by atoms with Crippen LogP contribution >= 0.6 is 23.4 Å². The standard InChI is InChI=1S/C11H14ClNOS/c1-4-14-10-6-5-8(7-9(10)12)11(13-2)15-3/h5-7H,4H2,1-3H3. The summed E-state index contributed by atoms with van der Waals surface area (Å²) < 4.78 is 5.36. The molecule has 15 heavy (non-hydrogen) atoms. The molecule has 0 amide bonds. The van der Waals surface area contributed by atoms with Crippen LogP contribution in [0.2, 0.25) is 5.02 Å². The smallest absolute Gasteiger partial charge is 0.137 e. The molecule has 0 spiro atoms. The fourth-order valence-corrected chi connectivity index (χ4v) is 2.03. The molecule has 0 aliphatic carbocycles. The van der Waals surface area contributed by atoms with Gasteiger partial charge in [0, 0.05) is 12.6 Å². The van der Waals surface area contributed by atoms with Gasteiger partial charge in [0.05, 0.1) is 16.7 Å². The van der Waals surface area contributed by atoms with Crippen molar-refractivity contribution in [2.24, 2.45) is 4.99 Å². The zero-order valence-electron chi connectivity index (χ0n) is 9.08. The first-order chi connectivity index (χ1) is 7.22. The number of nitrogens with zero attached hydrogens (tertiary/aromatic N) is 1. The van der Waals surface area contributed by atoms with Gasteiger partial charge in [-0.3, -0.25) is 4.99 Å². The third kappa shape index (κ3) is 3.14. The lowest BCUT2D eigenvalue weighted by Gasteiger charge is -2.08. The summed E-state index contributed by atoms with van der Waals surface area (Å²) in [5.74, 6) is 0.722. The summed E-state index contributed by atoms with van der Waals surface area (Å²) in [4.78, 5) is 4.17. The molecule has 1 rings (SSSR count). The number of ether oxygens (including phenoxy) is 1. The van der Waals surface area contributed by atoms with Crippen molar-refractivity contribution in [3.63, 3.8) is 0 Å². The van der Waals surface area contributed by atoms with E-state index in [2.05, 4.69) is 4.99 Å². The van der Waals surface area contributed by atoms with E-state index in [1.807, 2.05) is 31.4 Å². The minimum atomic E-state index is 0.621. The number of hydrogen-bond donors (Lipinski definition) is 0. The number of thioether (sulfide) groups is 1. The van der Waals surface area contributed by atoms with Gasteiger partial charge in [-0.05, 0) is 31.4 Å². The molecule has 0 bridgehead atoms. The summed E-state index contributed by atoms with van der Waals surface area (Å²) in [6.45, 7) is 2.56. The fraction of sp³-hybridized carbons (Fsp3) is 0.364. The molecule has 0 atom stereocenters. The van der Waals surface area contributed by atoms with Gasteiger partial charge in [-0.15, -0.1) is 11.8 Å². The molecule has 0 aliphatic heterocycles. The van der Waals surface area contributed by atoms with Gasteiger partial charge in [0.2, 0.25) is 0 Å². The molecular weight excluding hydrogens is 230 g/mol. The van der Waals surface area contributed by atoms with Gasteiger partial charge < -0.3 is 4.74 Å². The van der Waals surface area contributed by atoms with Crippen LogP contribution in [0.15, 0.2) is 23.2 Å². The Kier molecular flexibility index (Phi) is 4.99. The molecule has 0 saturated heterocycles. The van der Waals surface area contributed by atoms with Crippen LogP contribution in [0.5, 0.6) is 5.75 Å². The van der Waals surface area contributed by atoms with Crippen molar-refractivity contribution in [3.8, 4) is 5.75 Å². The second-order valence-electron chi connectivity index (χ2n) is 2.81. The number of rotatable bonds is 3. The van der Waals surface area contributed by atoms with Gasteiger partial charge in [-0.1, -0.05) is 11.6 Å². The highest BCUT2D eigenvalue weighted by atomic mass is 35.5. The van der Waals surface area contributed by atoms with E-state index >= 15 is 0 Å². The molecule has 0 aromatic heterocycles. The predicted octanol–water partition coefficient (Wildman–Crippen LogP) is 3.48. The Labute approximate surface area is 99.7 Å². The highest BCUT2D eigenvalue weighted by Crippen LogP contribution is 2.26. The highest BCUT2D eigenvalue weighted by molar-refractivity contribution is 8.13. The predicted molar refractivity (Wildman–Crippen MR) is 68.6 cm³/mol. The van der Waals surface area contributed by atoms with Gasteiger partial charge in [-0.25, -0.2) is 0 Å². The Bertz CT molecular complexity index is 366. The van der Waals surface area contributed by atoms with E-state index in [4.69, 9.17) is 16.3 Å². The van der Waals surface area contributed by atoms with Crippen LogP contribution < -0.4 is 4.74 Å². The van der Waals surface area contributed by atoms with Crippen LogP contribution in [0.25, 0.3) is 0 Å². The van der Waals surface area contributed by atoms with Crippen LogP contribution in [0, 0.1) is 0 Å². The molecule has 0 unspecified atom stereocenters. The second-order valence-corrected chi connectivity index (χ2v) is 4.01. The van der Waals surface area contributed by atoms with Crippen LogP contribution in [0.3, 0.4) is 0 Å². The van der Waals surface area contributed by atoms with Crippen molar-refractivity contribution in [1.82, 2.24) is 0 Å². The average Bonchev–Trinajstić information content (AvgIpc) is 2.24. The number of halogens is 1. The quantitative estimate of drug-likeness (QED) is 0.599. The molecule has 0 radical (unpaired) electrons. The van der Waals surface area contributed by atoms with Gasteiger partial charge >= 0.3 is 0 Å². The van der Waals surface area contributed by atoms with E-state index in [1.165, 1.54) is 0 Å². The third-order valence-electron chi connectivity index (χ3n) is 1.88. The summed E-state index contributed by atoms with van der Waals surface area (Å²) >= 11 is 7.68. The molecule has 2 nitrogen and oxygen atoms in total. The van der Waals surface area contributed by atoms with Crippen molar-refractivity contribution in [2.75, 3.05) is 19.9 Å². The third-order valence-corrected chi connectivity index (χ3v) is 2.98. The first-order valence-corrected chi connectivity index (χ1v) is 6.26. The lowest BCUT2D eigenvalue weighted by molar-refractivity contribution is 0.340. The Morgan fingerprint density at radius 2 is 2.27 bits per heavy atom. The van der Waals surface area contributed by atoms with Crippen molar-refractivity contribution in [2.45, 2.75) is 6.92 Å². The topological polar surface area (TPSA) is 21.6 Å². The zero-order chi connectivity index (χ0) is 11.3. The molecule has 0 aliphatic rings. The zero-order valence-corrected chi connectivity index (χ0v) is 10.7. The second kappa shape index (κ2) is 6.03. The molecule has 0 heterocycles. The molecule has 82 valence electrons. The monoisotopic (exact) mass is 243 g/mol. The van der Waals surface area contributed by atoms with Crippen molar-refractivity contribution in [3.05, 3.63) is 28.8 Å². The van der Waals surface area contributed by atoms with E-state index < -0.39 is 0 Å². The molecular formula is C11H14ClNOS. The van der Waals surface area contributed by atoms with E-state index in [0.29, 0.717) is 11.6 Å². The van der Waals surface area contributed by atoms with E-state index in [1.54, 1.807) is 18.8 Å². The number of benzene rings is 1. The molecule has 0 saturated carbocycles. The van der Waals surface area contributed by atoms with Crippen LogP contribution in [-0.2, 0) is 0 Å². The summed E-state index contributed by atoms with van der Waals surface area (Å²) in [5.41, 5.74) is 1.03. The molecule has 4 heteroatoms. The van der Waals surface area contributed by atoms with Gasteiger partial charge in [0.1, 0.15) is 5.75 Å². The first kappa shape index (κ1) is 12.4. The highest BCUT2D eigenvalue weighted by Gasteiger charge is 2.06.